The van der Waals surface area contributed by atoms with Crippen molar-refractivity contribution in [2.75, 3.05) is 19.5 Å². The van der Waals surface area contributed by atoms with Gasteiger partial charge in [-0.2, -0.15) is 0 Å². The van der Waals surface area contributed by atoms with Crippen LogP contribution in [0.15, 0.2) is 63.8 Å². The third-order valence-corrected chi connectivity index (χ3v) is 4.58. The SMILES string of the molecule is CC.CNc1ccc(-c2c3ccc(=O)cc-3oc3cc(O)ccc23)c(C(=O)O)c1.COC=O. The van der Waals surface area contributed by atoms with E-state index in [4.69, 9.17) is 9.21 Å². The van der Waals surface area contributed by atoms with Crippen molar-refractivity contribution in [3.05, 3.63) is 70.4 Å². The molecule has 0 saturated heterocycles. The van der Waals surface area contributed by atoms with Crippen molar-refractivity contribution >= 4 is 29.1 Å². The van der Waals surface area contributed by atoms with Gasteiger partial charge in [0.1, 0.15) is 17.1 Å². The minimum atomic E-state index is -1.07. The van der Waals surface area contributed by atoms with Crippen LogP contribution in [0.3, 0.4) is 0 Å². The number of methoxy groups -OCH3 is 1. The van der Waals surface area contributed by atoms with Crippen LogP contribution in [0.1, 0.15) is 24.2 Å². The van der Waals surface area contributed by atoms with Crippen LogP contribution in [0, 0.1) is 0 Å². The summed E-state index contributed by atoms with van der Waals surface area (Å²) in [5, 5.41) is 23.1. The number of rotatable bonds is 4. The molecule has 8 heteroatoms. The molecule has 0 aromatic heterocycles. The first kappa shape index (κ1) is 24.9. The van der Waals surface area contributed by atoms with E-state index in [9.17, 15) is 19.8 Å². The van der Waals surface area contributed by atoms with E-state index in [1.165, 1.54) is 31.4 Å². The summed E-state index contributed by atoms with van der Waals surface area (Å²) < 4.78 is 9.66. The zero-order valence-corrected chi connectivity index (χ0v) is 18.7. The second-order valence-electron chi connectivity index (χ2n) is 6.46. The van der Waals surface area contributed by atoms with Crippen LogP contribution in [0.25, 0.3) is 33.4 Å². The molecule has 1 aliphatic carbocycles. The predicted octanol–water partition coefficient (Wildman–Crippen LogP) is 4.83. The highest BCUT2D eigenvalue weighted by Gasteiger charge is 2.22. The summed E-state index contributed by atoms with van der Waals surface area (Å²) in [6, 6.07) is 14.1. The van der Waals surface area contributed by atoms with Crippen LogP contribution in [-0.4, -0.2) is 36.8 Å². The Bertz CT molecular complexity index is 1290. The van der Waals surface area contributed by atoms with Crippen molar-refractivity contribution < 1.29 is 29.0 Å². The fourth-order valence-corrected chi connectivity index (χ4v) is 3.24. The number of aromatic hydroxyl groups is 1. The molecular formula is C25H25NO7. The summed E-state index contributed by atoms with van der Waals surface area (Å²) >= 11 is 0. The third-order valence-electron chi connectivity index (χ3n) is 4.58. The van der Waals surface area contributed by atoms with Crippen molar-refractivity contribution in [2.24, 2.45) is 0 Å². The number of nitrogens with one attached hydrogen (secondary N) is 1. The molecular weight excluding hydrogens is 426 g/mol. The molecule has 4 rings (SSSR count). The van der Waals surface area contributed by atoms with Gasteiger partial charge >= 0.3 is 5.97 Å². The summed E-state index contributed by atoms with van der Waals surface area (Å²) in [6.07, 6.45) is 0. The number of carbonyl (C=O) groups excluding carboxylic acids is 1. The fourth-order valence-electron chi connectivity index (χ4n) is 3.24. The van der Waals surface area contributed by atoms with Gasteiger partial charge in [-0.3, -0.25) is 9.59 Å². The molecule has 0 unspecified atom stereocenters. The van der Waals surface area contributed by atoms with Crippen LogP contribution in [0.5, 0.6) is 5.75 Å². The molecule has 8 nitrogen and oxygen atoms in total. The minimum absolute atomic E-state index is 0.0128. The average molecular weight is 451 g/mol. The number of anilines is 1. The van der Waals surface area contributed by atoms with Crippen LogP contribution >= 0.6 is 0 Å². The number of carbonyl (C=O) groups is 2. The number of phenolic OH excluding ortho intramolecular Hbond substituents is 1. The number of phenols is 1. The normalized spacial score (nSPS) is 9.82. The number of aromatic carboxylic acids is 1. The zero-order chi connectivity index (χ0) is 24.5. The molecule has 0 bridgehead atoms. The van der Waals surface area contributed by atoms with Gasteiger partial charge in [0.05, 0.1) is 12.7 Å². The molecule has 33 heavy (non-hydrogen) atoms. The summed E-state index contributed by atoms with van der Waals surface area (Å²) in [4.78, 5) is 32.6. The Kier molecular flexibility index (Phi) is 8.56. The molecule has 1 heterocycles. The molecule has 0 saturated carbocycles. The topological polar surface area (TPSA) is 126 Å². The lowest BCUT2D eigenvalue weighted by Gasteiger charge is -2.17. The van der Waals surface area contributed by atoms with Gasteiger partial charge in [0.15, 0.2) is 5.43 Å². The third kappa shape index (κ3) is 5.48. The van der Waals surface area contributed by atoms with E-state index in [1.807, 2.05) is 13.8 Å². The average Bonchev–Trinajstić information content (AvgIpc) is 2.83. The molecule has 0 spiro atoms. The molecule has 0 radical (unpaired) electrons. The van der Waals surface area contributed by atoms with E-state index in [-0.39, 0.29) is 16.7 Å². The lowest BCUT2D eigenvalue weighted by atomic mass is 9.90. The van der Waals surface area contributed by atoms with Gasteiger partial charge in [-0.25, -0.2) is 4.79 Å². The van der Waals surface area contributed by atoms with Gasteiger partial charge in [-0.1, -0.05) is 19.9 Å². The van der Waals surface area contributed by atoms with E-state index in [2.05, 4.69) is 10.1 Å². The maximum atomic E-state index is 11.9. The fraction of sp³-hybridized carbons (Fsp3) is 0.160. The van der Waals surface area contributed by atoms with Crippen molar-refractivity contribution in [3.8, 4) is 28.2 Å². The monoisotopic (exact) mass is 451 g/mol. The van der Waals surface area contributed by atoms with Crippen LogP contribution in [0.4, 0.5) is 5.69 Å². The highest BCUT2D eigenvalue weighted by Crippen LogP contribution is 2.42. The van der Waals surface area contributed by atoms with Gasteiger partial charge in [0.25, 0.3) is 6.47 Å². The van der Waals surface area contributed by atoms with Gasteiger partial charge in [-0.15, -0.1) is 0 Å². The lowest BCUT2D eigenvalue weighted by molar-refractivity contribution is -0.126. The number of hydrogen-bond donors (Lipinski definition) is 3. The summed E-state index contributed by atoms with van der Waals surface area (Å²) in [7, 11) is 3.03. The van der Waals surface area contributed by atoms with E-state index >= 15 is 0 Å². The van der Waals surface area contributed by atoms with E-state index in [0.29, 0.717) is 45.6 Å². The van der Waals surface area contributed by atoms with Crippen molar-refractivity contribution in [1.29, 1.82) is 0 Å². The molecule has 1 aliphatic heterocycles. The van der Waals surface area contributed by atoms with Crippen LogP contribution in [0.2, 0.25) is 0 Å². The van der Waals surface area contributed by atoms with Crippen LogP contribution in [-0.2, 0) is 9.53 Å². The van der Waals surface area contributed by atoms with Crippen molar-refractivity contribution in [3.63, 3.8) is 0 Å². The summed E-state index contributed by atoms with van der Waals surface area (Å²) in [5.41, 5.74) is 2.67. The first-order valence-electron chi connectivity index (χ1n) is 10.1. The molecule has 0 atom stereocenters. The molecule has 2 aromatic carbocycles. The van der Waals surface area contributed by atoms with E-state index in [0.717, 1.165) is 0 Å². The zero-order valence-electron chi connectivity index (χ0n) is 18.7. The Balaban J connectivity index is 0.000000582. The quantitative estimate of drug-likeness (QED) is 0.298. The Morgan fingerprint density at radius 3 is 2.30 bits per heavy atom. The first-order chi connectivity index (χ1) is 15.9. The smallest absolute Gasteiger partial charge is 0.336 e. The number of benzene rings is 3. The number of carboxylic acids is 1. The van der Waals surface area contributed by atoms with Crippen molar-refractivity contribution in [2.45, 2.75) is 13.8 Å². The first-order valence-corrected chi connectivity index (χ1v) is 10.1. The highest BCUT2D eigenvalue weighted by molar-refractivity contribution is 6.08. The molecule has 2 aliphatic rings. The molecule has 0 amide bonds. The number of fused-ring (bicyclic) bond motifs is 2. The van der Waals surface area contributed by atoms with Crippen molar-refractivity contribution in [1.82, 2.24) is 0 Å². The Hall–Kier alpha value is -4.33. The van der Waals surface area contributed by atoms with E-state index in [1.54, 1.807) is 37.4 Å². The minimum Gasteiger partial charge on any atom is -0.508 e. The molecule has 2 aromatic rings. The van der Waals surface area contributed by atoms with Gasteiger partial charge in [-0.05, 0) is 42.0 Å². The Morgan fingerprint density at radius 2 is 1.70 bits per heavy atom. The van der Waals surface area contributed by atoms with Crippen LogP contribution < -0.4 is 10.7 Å². The maximum Gasteiger partial charge on any atom is 0.336 e. The number of hydrogen-bond acceptors (Lipinski definition) is 7. The highest BCUT2D eigenvalue weighted by atomic mass is 16.5. The standard InChI is InChI=1S/C21H15NO5.C2H4O2.C2H6/c1-22-11-2-5-14(17(8-11)21(25)26)20-15-6-3-12(23)9-18(15)27-19-10-13(24)4-7-16(19)20;1-4-2-3;1-2/h2-10,22-23H,1H3,(H,25,26);2H,1H3;1-2H3. The predicted molar refractivity (Wildman–Crippen MR) is 127 cm³/mol. The lowest BCUT2D eigenvalue weighted by Crippen LogP contribution is -2.04. The molecule has 0 fully saturated rings. The second kappa shape index (κ2) is 11.3. The van der Waals surface area contributed by atoms with E-state index < -0.39 is 5.97 Å². The largest absolute Gasteiger partial charge is 0.508 e. The van der Waals surface area contributed by atoms with Gasteiger partial charge in [0, 0.05) is 41.4 Å². The molecule has 3 N–H and O–H groups in total. The van der Waals surface area contributed by atoms with Gasteiger partial charge in [0.2, 0.25) is 0 Å². The Morgan fingerprint density at radius 1 is 1.03 bits per heavy atom. The Labute approximate surface area is 190 Å². The number of carboxylic acid groups (broad SMARTS) is 1. The van der Waals surface area contributed by atoms with Gasteiger partial charge < -0.3 is 24.7 Å². The second-order valence-corrected chi connectivity index (χ2v) is 6.46. The summed E-state index contributed by atoms with van der Waals surface area (Å²) in [5.74, 6) is -0.730. The molecule has 172 valence electrons. The summed E-state index contributed by atoms with van der Waals surface area (Å²) in [6.45, 7) is 4.38. The maximum absolute atomic E-state index is 11.9. The number of ether oxygens (including phenoxy) is 1.